The van der Waals surface area contributed by atoms with E-state index < -0.39 is 0 Å². The average Bonchev–Trinajstić information content (AvgIpc) is 3.01. The van der Waals surface area contributed by atoms with Crippen molar-refractivity contribution in [2.24, 2.45) is 23.5 Å². The molecule has 3 rings (SSSR count). The highest BCUT2D eigenvalue weighted by molar-refractivity contribution is 7.99. The van der Waals surface area contributed by atoms with E-state index in [-0.39, 0.29) is 0 Å². The Morgan fingerprint density at radius 3 is 2.56 bits per heavy atom. The quantitative estimate of drug-likeness (QED) is 0.850. The van der Waals surface area contributed by atoms with E-state index in [1.54, 1.807) is 0 Å². The molecule has 3 heteroatoms. The van der Waals surface area contributed by atoms with Gasteiger partial charge in [0.05, 0.1) is 0 Å². The predicted octanol–water partition coefficient (Wildman–Crippen LogP) is 2.58. The smallest absolute Gasteiger partial charge is 0.0344 e. The third-order valence-corrected chi connectivity index (χ3v) is 6.99. The van der Waals surface area contributed by atoms with Gasteiger partial charge < -0.3 is 5.73 Å². The molecule has 1 heterocycles. The van der Waals surface area contributed by atoms with Crippen molar-refractivity contribution in [3.63, 3.8) is 0 Å². The van der Waals surface area contributed by atoms with Gasteiger partial charge in [-0.3, -0.25) is 4.90 Å². The first-order valence-electron chi connectivity index (χ1n) is 7.72. The summed E-state index contributed by atoms with van der Waals surface area (Å²) in [5.41, 5.74) is 6.46. The molecule has 2 N–H and O–H groups in total. The lowest BCUT2D eigenvalue weighted by molar-refractivity contribution is 0.0829. The largest absolute Gasteiger partial charge is 0.329 e. The highest BCUT2D eigenvalue weighted by Gasteiger charge is 2.42. The standard InChI is InChI=1S/C15H28N2S/c1-17(15(11-16)4-6-18-7-5-15)10-14-9-12-2-3-13(14)8-12/h12-14H,2-11,16H2,1H3. The monoisotopic (exact) mass is 268 g/mol. The van der Waals surface area contributed by atoms with E-state index in [2.05, 4.69) is 23.7 Å². The lowest BCUT2D eigenvalue weighted by atomic mass is 9.85. The van der Waals surface area contributed by atoms with Crippen LogP contribution in [0.4, 0.5) is 0 Å². The Balaban J connectivity index is 1.61. The fourth-order valence-corrected chi connectivity index (χ4v) is 5.89. The normalized spacial score (nSPS) is 38.5. The van der Waals surface area contributed by atoms with Gasteiger partial charge in [0, 0.05) is 18.6 Å². The number of hydrogen-bond donors (Lipinski definition) is 1. The van der Waals surface area contributed by atoms with E-state index >= 15 is 0 Å². The summed E-state index contributed by atoms with van der Waals surface area (Å²) in [4.78, 5) is 2.65. The molecular formula is C15H28N2S. The van der Waals surface area contributed by atoms with Gasteiger partial charge in [0.2, 0.25) is 0 Å². The molecule has 18 heavy (non-hydrogen) atoms. The van der Waals surface area contributed by atoms with Gasteiger partial charge in [0.15, 0.2) is 0 Å². The van der Waals surface area contributed by atoms with E-state index in [1.807, 2.05) is 0 Å². The van der Waals surface area contributed by atoms with Gasteiger partial charge in [-0.25, -0.2) is 0 Å². The van der Waals surface area contributed by atoms with Crippen LogP contribution in [0.15, 0.2) is 0 Å². The second-order valence-electron chi connectivity index (χ2n) is 6.86. The molecule has 0 radical (unpaired) electrons. The zero-order valence-electron chi connectivity index (χ0n) is 11.7. The van der Waals surface area contributed by atoms with Crippen molar-refractivity contribution < 1.29 is 0 Å². The number of rotatable bonds is 4. The molecule has 0 aromatic heterocycles. The maximum atomic E-state index is 6.14. The first kappa shape index (κ1) is 13.3. The molecule has 1 aliphatic heterocycles. The highest BCUT2D eigenvalue weighted by Crippen LogP contribution is 2.49. The van der Waals surface area contributed by atoms with Crippen LogP contribution in [0.2, 0.25) is 0 Å². The molecule has 3 aliphatic rings. The van der Waals surface area contributed by atoms with Gasteiger partial charge >= 0.3 is 0 Å². The molecule has 104 valence electrons. The van der Waals surface area contributed by atoms with Crippen LogP contribution >= 0.6 is 11.8 Å². The molecular weight excluding hydrogens is 240 g/mol. The predicted molar refractivity (Wildman–Crippen MR) is 79.9 cm³/mol. The Morgan fingerprint density at radius 2 is 2.00 bits per heavy atom. The van der Waals surface area contributed by atoms with Crippen molar-refractivity contribution in [1.29, 1.82) is 0 Å². The summed E-state index contributed by atoms with van der Waals surface area (Å²) in [7, 11) is 2.34. The summed E-state index contributed by atoms with van der Waals surface area (Å²) < 4.78 is 0. The fraction of sp³-hybridized carbons (Fsp3) is 1.00. The number of thioether (sulfide) groups is 1. The van der Waals surface area contributed by atoms with Crippen molar-refractivity contribution >= 4 is 11.8 Å². The van der Waals surface area contributed by atoms with Crippen LogP contribution in [0.1, 0.15) is 38.5 Å². The highest BCUT2D eigenvalue weighted by atomic mass is 32.2. The molecule has 3 fully saturated rings. The topological polar surface area (TPSA) is 29.3 Å². The molecule has 0 spiro atoms. The first-order valence-corrected chi connectivity index (χ1v) is 8.88. The van der Waals surface area contributed by atoms with Gasteiger partial charge in [-0.15, -0.1) is 0 Å². The SMILES string of the molecule is CN(CC1CC2CCC1C2)C1(CN)CCSCC1. The molecule has 0 aromatic carbocycles. The maximum absolute atomic E-state index is 6.14. The van der Waals surface area contributed by atoms with Crippen LogP contribution in [-0.2, 0) is 0 Å². The molecule has 3 unspecified atom stereocenters. The van der Waals surface area contributed by atoms with E-state index in [0.29, 0.717) is 5.54 Å². The summed E-state index contributed by atoms with van der Waals surface area (Å²) in [6, 6.07) is 0. The van der Waals surface area contributed by atoms with E-state index in [4.69, 9.17) is 5.73 Å². The van der Waals surface area contributed by atoms with Crippen LogP contribution in [-0.4, -0.2) is 42.1 Å². The minimum Gasteiger partial charge on any atom is -0.329 e. The molecule has 2 aliphatic carbocycles. The summed E-state index contributed by atoms with van der Waals surface area (Å²) in [6.45, 7) is 2.16. The minimum atomic E-state index is 0.326. The van der Waals surface area contributed by atoms with Crippen LogP contribution in [0, 0.1) is 17.8 Å². The third-order valence-electron chi connectivity index (χ3n) is 6.01. The molecule has 2 saturated carbocycles. The molecule has 2 bridgehead atoms. The van der Waals surface area contributed by atoms with Crippen molar-refractivity contribution in [2.75, 3.05) is 31.6 Å². The molecule has 0 aromatic rings. The fourth-order valence-electron chi connectivity index (χ4n) is 4.64. The maximum Gasteiger partial charge on any atom is 0.0344 e. The van der Waals surface area contributed by atoms with Crippen LogP contribution in [0.5, 0.6) is 0 Å². The minimum absolute atomic E-state index is 0.326. The molecule has 3 atom stereocenters. The van der Waals surface area contributed by atoms with Crippen LogP contribution in [0.3, 0.4) is 0 Å². The van der Waals surface area contributed by atoms with Gasteiger partial charge in [-0.1, -0.05) is 6.42 Å². The van der Waals surface area contributed by atoms with E-state index in [1.165, 1.54) is 56.6 Å². The average molecular weight is 268 g/mol. The molecule has 0 amide bonds. The summed E-state index contributed by atoms with van der Waals surface area (Å²) in [5, 5.41) is 0. The molecule has 1 saturated heterocycles. The Hall–Kier alpha value is 0.270. The Labute approximate surface area is 116 Å². The second-order valence-corrected chi connectivity index (χ2v) is 8.08. The number of nitrogens with zero attached hydrogens (tertiary/aromatic N) is 1. The van der Waals surface area contributed by atoms with E-state index in [0.717, 1.165) is 24.3 Å². The summed E-state index contributed by atoms with van der Waals surface area (Å²) >= 11 is 2.10. The van der Waals surface area contributed by atoms with Gasteiger partial charge in [0.1, 0.15) is 0 Å². The number of nitrogens with two attached hydrogens (primary N) is 1. The lowest BCUT2D eigenvalue weighted by Gasteiger charge is -2.45. The van der Waals surface area contributed by atoms with Crippen LogP contribution in [0.25, 0.3) is 0 Å². The number of likely N-dealkylation sites (N-methyl/N-ethyl adjacent to an activating group) is 1. The van der Waals surface area contributed by atoms with Crippen molar-refractivity contribution in [2.45, 2.75) is 44.1 Å². The van der Waals surface area contributed by atoms with Gasteiger partial charge in [-0.05, 0) is 68.4 Å². The second kappa shape index (κ2) is 5.34. The summed E-state index contributed by atoms with van der Waals surface area (Å²) in [6.07, 6.45) is 8.66. The van der Waals surface area contributed by atoms with Crippen molar-refractivity contribution in [3.8, 4) is 0 Å². The van der Waals surface area contributed by atoms with Crippen molar-refractivity contribution in [1.82, 2.24) is 4.90 Å². The number of fused-ring (bicyclic) bond motifs is 2. The van der Waals surface area contributed by atoms with Crippen LogP contribution < -0.4 is 5.73 Å². The Morgan fingerprint density at radius 1 is 1.22 bits per heavy atom. The van der Waals surface area contributed by atoms with E-state index in [9.17, 15) is 0 Å². The molecule has 2 nitrogen and oxygen atoms in total. The zero-order chi connectivity index (χ0) is 12.6. The third kappa shape index (κ3) is 2.34. The zero-order valence-corrected chi connectivity index (χ0v) is 12.6. The lowest BCUT2D eigenvalue weighted by Crippen LogP contribution is -2.55. The number of hydrogen-bond acceptors (Lipinski definition) is 3. The first-order chi connectivity index (χ1) is 8.73. The Kier molecular flexibility index (Phi) is 3.93. The Bertz CT molecular complexity index is 288. The summed E-state index contributed by atoms with van der Waals surface area (Å²) in [5.74, 6) is 5.71. The van der Waals surface area contributed by atoms with Gasteiger partial charge in [-0.2, -0.15) is 11.8 Å². The van der Waals surface area contributed by atoms with Crippen molar-refractivity contribution in [3.05, 3.63) is 0 Å². The van der Waals surface area contributed by atoms with Gasteiger partial charge in [0.25, 0.3) is 0 Å².